The van der Waals surface area contributed by atoms with Crippen molar-refractivity contribution in [1.82, 2.24) is 15.3 Å². The fourth-order valence-electron chi connectivity index (χ4n) is 3.15. The van der Waals surface area contributed by atoms with E-state index in [0.717, 1.165) is 40.5 Å². The monoisotopic (exact) mass is 366 g/mol. The van der Waals surface area contributed by atoms with E-state index >= 15 is 0 Å². The summed E-state index contributed by atoms with van der Waals surface area (Å²) in [7, 11) is 0. The maximum absolute atomic E-state index is 5.48. The van der Waals surface area contributed by atoms with Crippen molar-refractivity contribution in [3.8, 4) is 0 Å². The molecule has 0 aliphatic heterocycles. The van der Waals surface area contributed by atoms with Gasteiger partial charge in [0.2, 0.25) is 0 Å². The van der Waals surface area contributed by atoms with Crippen LogP contribution in [0.15, 0.2) is 42.7 Å². The first-order chi connectivity index (χ1) is 12.8. The van der Waals surface area contributed by atoms with Crippen molar-refractivity contribution in [3.05, 3.63) is 42.7 Å². The zero-order chi connectivity index (χ0) is 18.2. The number of fused-ring (bicyclic) bond motifs is 3. The number of aromatic nitrogens is 2. The summed E-state index contributed by atoms with van der Waals surface area (Å²) >= 11 is 5.48. The minimum Gasteiger partial charge on any atom is -0.362 e. The summed E-state index contributed by atoms with van der Waals surface area (Å²) in [4.78, 5) is 9.00. The quantitative estimate of drug-likeness (QED) is 0.316. The first-order valence-corrected chi connectivity index (χ1v) is 9.87. The topological polar surface area (TPSA) is 49.8 Å². The van der Waals surface area contributed by atoms with E-state index in [4.69, 9.17) is 12.2 Å². The van der Waals surface area contributed by atoms with E-state index in [1.165, 1.54) is 32.1 Å². The van der Waals surface area contributed by atoms with Crippen molar-refractivity contribution in [3.63, 3.8) is 0 Å². The molecule has 2 heterocycles. The zero-order valence-electron chi connectivity index (χ0n) is 15.3. The third-order valence-electron chi connectivity index (χ3n) is 4.53. The van der Waals surface area contributed by atoms with E-state index in [9.17, 15) is 0 Å². The Morgan fingerprint density at radius 2 is 1.69 bits per heavy atom. The predicted octanol–water partition coefficient (Wildman–Crippen LogP) is 5.43. The molecule has 0 spiro atoms. The molecule has 0 unspecified atom stereocenters. The number of rotatable bonds is 8. The van der Waals surface area contributed by atoms with E-state index in [1.54, 1.807) is 12.4 Å². The molecule has 0 saturated carbocycles. The van der Waals surface area contributed by atoms with Gasteiger partial charge in [-0.1, -0.05) is 45.1 Å². The molecule has 2 N–H and O–H groups in total. The Hall–Kier alpha value is -2.27. The molecule has 136 valence electrons. The van der Waals surface area contributed by atoms with E-state index in [1.807, 2.05) is 12.1 Å². The molecular weight excluding hydrogens is 340 g/mol. The Morgan fingerprint density at radius 1 is 0.962 bits per heavy atom. The number of pyridine rings is 2. The van der Waals surface area contributed by atoms with Crippen LogP contribution < -0.4 is 10.6 Å². The molecule has 0 bridgehead atoms. The molecule has 0 fully saturated rings. The standard InChI is InChI=1S/C21H26N4S/c1-2-3-4-5-6-7-12-24-21(26)25-18-15-16-10-8-13-22-19(16)20-17(18)11-9-14-23-20/h8-11,13-15H,2-7,12H2,1H3,(H2,24,25,26). The summed E-state index contributed by atoms with van der Waals surface area (Å²) < 4.78 is 0. The summed E-state index contributed by atoms with van der Waals surface area (Å²) in [6, 6.07) is 10.1. The molecule has 0 radical (unpaired) electrons. The van der Waals surface area contributed by atoms with Crippen molar-refractivity contribution in [1.29, 1.82) is 0 Å². The Balaban J connectivity index is 1.63. The van der Waals surface area contributed by atoms with Gasteiger partial charge in [-0.25, -0.2) is 0 Å². The lowest BCUT2D eigenvalue weighted by Crippen LogP contribution is -2.29. The third-order valence-corrected chi connectivity index (χ3v) is 4.77. The number of hydrogen-bond acceptors (Lipinski definition) is 3. The van der Waals surface area contributed by atoms with Crippen molar-refractivity contribution in [2.75, 3.05) is 11.9 Å². The number of unbranched alkanes of at least 4 members (excludes halogenated alkanes) is 5. The van der Waals surface area contributed by atoms with Crippen LogP contribution in [0, 0.1) is 0 Å². The highest BCUT2D eigenvalue weighted by molar-refractivity contribution is 7.80. The van der Waals surface area contributed by atoms with Crippen LogP contribution in [0.25, 0.3) is 21.8 Å². The third kappa shape index (κ3) is 4.67. The van der Waals surface area contributed by atoms with Gasteiger partial charge in [0.05, 0.1) is 16.7 Å². The molecular formula is C21H26N4S. The van der Waals surface area contributed by atoms with Gasteiger partial charge in [-0.05, 0) is 42.9 Å². The highest BCUT2D eigenvalue weighted by Crippen LogP contribution is 2.29. The van der Waals surface area contributed by atoms with E-state index in [-0.39, 0.29) is 0 Å². The van der Waals surface area contributed by atoms with E-state index in [0.29, 0.717) is 5.11 Å². The van der Waals surface area contributed by atoms with Crippen LogP contribution in [0.4, 0.5) is 5.69 Å². The van der Waals surface area contributed by atoms with Crippen molar-refractivity contribution in [2.24, 2.45) is 0 Å². The summed E-state index contributed by atoms with van der Waals surface area (Å²) in [5.41, 5.74) is 2.78. The second-order valence-corrected chi connectivity index (χ2v) is 6.96. The molecule has 5 heteroatoms. The fourth-order valence-corrected chi connectivity index (χ4v) is 3.37. The lowest BCUT2D eigenvalue weighted by Gasteiger charge is -2.13. The average molecular weight is 367 g/mol. The van der Waals surface area contributed by atoms with Crippen LogP contribution >= 0.6 is 12.2 Å². The molecule has 26 heavy (non-hydrogen) atoms. The van der Waals surface area contributed by atoms with Gasteiger partial charge in [0.15, 0.2) is 5.11 Å². The van der Waals surface area contributed by atoms with Crippen molar-refractivity contribution < 1.29 is 0 Å². The normalized spacial score (nSPS) is 11.0. The van der Waals surface area contributed by atoms with Gasteiger partial charge in [0.1, 0.15) is 0 Å². The first kappa shape index (κ1) is 18.5. The maximum atomic E-state index is 5.48. The Kier molecular flexibility index (Phi) is 6.72. The number of hydrogen-bond donors (Lipinski definition) is 2. The summed E-state index contributed by atoms with van der Waals surface area (Å²) in [6.45, 7) is 3.15. The average Bonchev–Trinajstić information content (AvgIpc) is 2.67. The predicted molar refractivity (Wildman–Crippen MR) is 115 cm³/mol. The van der Waals surface area contributed by atoms with E-state index < -0.39 is 0 Å². The minimum absolute atomic E-state index is 0.659. The number of nitrogens with zero attached hydrogens (tertiary/aromatic N) is 2. The smallest absolute Gasteiger partial charge is 0.170 e. The van der Waals surface area contributed by atoms with Gasteiger partial charge >= 0.3 is 0 Å². The van der Waals surface area contributed by atoms with Gasteiger partial charge in [0, 0.05) is 29.7 Å². The fraction of sp³-hybridized carbons (Fsp3) is 0.381. The Labute approximate surface area is 160 Å². The van der Waals surface area contributed by atoms with Gasteiger partial charge in [0.25, 0.3) is 0 Å². The molecule has 0 saturated heterocycles. The lowest BCUT2D eigenvalue weighted by atomic mass is 10.1. The van der Waals surface area contributed by atoms with E-state index in [2.05, 4.69) is 45.7 Å². The van der Waals surface area contributed by atoms with Crippen LogP contribution in [0.1, 0.15) is 45.4 Å². The number of nitrogens with one attached hydrogen (secondary N) is 2. The molecule has 0 atom stereocenters. The zero-order valence-corrected chi connectivity index (χ0v) is 16.1. The maximum Gasteiger partial charge on any atom is 0.170 e. The first-order valence-electron chi connectivity index (χ1n) is 9.47. The van der Waals surface area contributed by atoms with Gasteiger partial charge < -0.3 is 10.6 Å². The molecule has 4 nitrogen and oxygen atoms in total. The van der Waals surface area contributed by atoms with Crippen molar-refractivity contribution >= 4 is 44.8 Å². The second-order valence-electron chi connectivity index (χ2n) is 6.55. The summed E-state index contributed by atoms with van der Waals surface area (Å²) in [6.07, 6.45) is 11.3. The molecule has 3 rings (SSSR count). The van der Waals surface area contributed by atoms with Crippen LogP contribution in [0.3, 0.4) is 0 Å². The largest absolute Gasteiger partial charge is 0.362 e. The molecule has 0 aliphatic rings. The highest BCUT2D eigenvalue weighted by atomic mass is 32.1. The molecule has 0 aliphatic carbocycles. The van der Waals surface area contributed by atoms with Crippen LogP contribution in [-0.2, 0) is 0 Å². The molecule has 1 aromatic carbocycles. The number of thiocarbonyl (C=S) groups is 1. The number of anilines is 1. The SMILES string of the molecule is CCCCCCCCNC(=S)Nc1cc2cccnc2c2ncccc12. The van der Waals surface area contributed by atoms with Crippen LogP contribution in [0.2, 0.25) is 0 Å². The second kappa shape index (κ2) is 9.43. The highest BCUT2D eigenvalue weighted by Gasteiger charge is 2.09. The summed E-state index contributed by atoms with van der Waals surface area (Å²) in [5.74, 6) is 0. The van der Waals surface area contributed by atoms with Gasteiger partial charge in [-0.2, -0.15) is 0 Å². The van der Waals surface area contributed by atoms with Gasteiger partial charge in [-0.15, -0.1) is 0 Å². The lowest BCUT2D eigenvalue weighted by molar-refractivity contribution is 0.603. The summed E-state index contributed by atoms with van der Waals surface area (Å²) in [5, 5.41) is 9.40. The van der Waals surface area contributed by atoms with Crippen molar-refractivity contribution in [2.45, 2.75) is 45.4 Å². The molecule has 3 aromatic rings. The van der Waals surface area contributed by atoms with Gasteiger partial charge in [-0.3, -0.25) is 9.97 Å². The van der Waals surface area contributed by atoms with Crippen LogP contribution in [0.5, 0.6) is 0 Å². The Morgan fingerprint density at radius 3 is 2.54 bits per heavy atom. The Bertz CT molecular complexity index is 878. The number of benzene rings is 1. The molecule has 2 aromatic heterocycles. The molecule has 0 amide bonds. The minimum atomic E-state index is 0.659. The van der Waals surface area contributed by atoms with Crippen LogP contribution in [-0.4, -0.2) is 21.6 Å².